The van der Waals surface area contributed by atoms with Crippen molar-refractivity contribution in [3.63, 3.8) is 0 Å². The highest BCUT2D eigenvalue weighted by atomic mass is 19.1. The van der Waals surface area contributed by atoms with Gasteiger partial charge in [-0.2, -0.15) is 0 Å². The molecule has 86 valence electrons. The number of halogens is 1. The van der Waals surface area contributed by atoms with E-state index in [1.54, 1.807) is 18.2 Å². The predicted octanol–water partition coefficient (Wildman–Crippen LogP) is 1.67. The van der Waals surface area contributed by atoms with Crippen molar-refractivity contribution in [3.05, 3.63) is 30.1 Å². The second-order valence-corrected chi connectivity index (χ2v) is 4.64. The number of hydrogen-bond acceptors (Lipinski definition) is 2. The number of benzene rings is 1. The van der Waals surface area contributed by atoms with E-state index < -0.39 is 11.4 Å². The maximum atomic E-state index is 13.7. The maximum Gasteiger partial charge on any atom is 0.229 e. The molecule has 4 heteroatoms. The zero-order valence-corrected chi connectivity index (χ0v) is 9.40. The third-order valence-electron chi connectivity index (χ3n) is 3.22. The van der Waals surface area contributed by atoms with Gasteiger partial charge in [0.2, 0.25) is 5.91 Å². The Morgan fingerprint density at radius 2 is 2.06 bits per heavy atom. The van der Waals surface area contributed by atoms with Crippen LogP contribution in [-0.4, -0.2) is 17.5 Å². The number of para-hydroxylation sites is 1. The van der Waals surface area contributed by atoms with E-state index in [9.17, 15) is 9.18 Å². The molecule has 1 aromatic carbocycles. The Labute approximate surface area is 94.0 Å². The summed E-state index contributed by atoms with van der Waals surface area (Å²) < 4.78 is 13.7. The Hall–Kier alpha value is -1.42. The largest absolute Gasteiger partial charge is 0.325 e. The quantitative estimate of drug-likeness (QED) is 0.785. The van der Waals surface area contributed by atoms with E-state index in [1.807, 2.05) is 13.8 Å². The Balaban J connectivity index is 2.48. The van der Waals surface area contributed by atoms with E-state index in [4.69, 9.17) is 5.73 Å². The third kappa shape index (κ3) is 1.50. The van der Waals surface area contributed by atoms with Gasteiger partial charge < -0.3 is 10.6 Å². The first-order chi connectivity index (χ1) is 7.44. The summed E-state index contributed by atoms with van der Waals surface area (Å²) in [6, 6.07) is 6.01. The first-order valence-corrected chi connectivity index (χ1v) is 5.28. The van der Waals surface area contributed by atoms with Crippen LogP contribution in [0.25, 0.3) is 0 Å². The van der Waals surface area contributed by atoms with E-state index in [0.717, 1.165) is 0 Å². The molecule has 0 aliphatic carbocycles. The van der Waals surface area contributed by atoms with Crippen LogP contribution in [0.15, 0.2) is 24.3 Å². The number of nitrogens with two attached hydrogens (primary N) is 1. The number of nitrogens with zero attached hydrogens (tertiary/aromatic N) is 1. The van der Waals surface area contributed by atoms with Gasteiger partial charge in [-0.3, -0.25) is 4.79 Å². The minimum atomic E-state index is -0.542. The molecular weight excluding hydrogens is 207 g/mol. The third-order valence-corrected chi connectivity index (χ3v) is 3.22. The molecule has 1 aliphatic rings. The molecule has 1 unspecified atom stereocenters. The molecule has 1 saturated heterocycles. The molecule has 0 bridgehead atoms. The summed E-state index contributed by atoms with van der Waals surface area (Å²) in [7, 11) is 0. The average Bonchev–Trinajstić information content (AvgIpc) is 2.39. The van der Waals surface area contributed by atoms with Gasteiger partial charge in [-0.05, 0) is 26.0 Å². The van der Waals surface area contributed by atoms with E-state index in [1.165, 1.54) is 11.0 Å². The molecule has 16 heavy (non-hydrogen) atoms. The molecule has 1 atom stereocenters. The van der Waals surface area contributed by atoms with Crippen LogP contribution in [0.4, 0.5) is 10.1 Å². The highest BCUT2D eigenvalue weighted by Crippen LogP contribution is 2.35. The van der Waals surface area contributed by atoms with Crippen LogP contribution in [-0.2, 0) is 4.79 Å². The van der Waals surface area contributed by atoms with Gasteiger partial charge >= 0.3 is 0 Å². The number of anilines is 1. The standard InChI is InChI=1S/C12H15FN2O/c1-12(2)10(14)7-11(16)15(12)9-6-4-3-5-8(9)13/h3-6,10H,7,14H2,1-2H3. The lowest BCUT2D eigenvalue weighted by molar-refractivity contribution is -0.117. The van der Waals surface area contributed by atoms with Crippen LogP contribution in [0, 0.1) is 5.82 Å². The minimum Gasteiger partial charge on any atom is -0.325 e. The van der Waals surface area contributed by atoms with Crippen molar-refractivity contribution < 1.29 is 9.18 Å². The van der Waals surface area contributed by atoms with Gasteiger partial charge in [-0.25, -0.2) is 4.39 Å². The lowest BCUT2D eigenvalue weighted by Gasteiger charge is -2.34. The van der Waals surface area contributed by atoms with Crippen LogP contribution in [0.1, 0.15) is 20.3 Å². The first-order valence-electron chi connectivity index (χ1n) is 5.28. The second kappa shape index (κ2) is 3.56. The zero-order chi connectivity index (χ0) is 11.9. The highest BCUT2D eigenvalue weighted by Gasteiger charge is 2.45. The Morgan fingerprint density at radius 1 is 1.44 bits per heavy atom. The van der Waals surface area contributed by atoms with Crippen molar-refractivity contribution in [2.24, 2.45) is 5.73 Å². The molecule has 3 nitrogen and oxygen atoms in total. The molecule has 2 N–H and O–H groups in total. The number of hydrogen-bond donors (Lipinski definition) is 1. The maximum absolute atomic E-state index is 13.7. The fraction of sp³-hybridized carbons (Fsp3) is 0.417. The summed E-state index contributed by atoms with van der Waals surface area (Å²) in [6.07, 6.45) is 0.265. The van der Waals surface area contributed by atoms with Crippen LogP contribution >= 0.6 is 0 Å². The van der Waals surface area contributed by atoms with Crippen LogP contribution in [0.2, 0.25) is 0 Å². The molecule has 1 amide bonds. The topological polar surface area (TPSA) is 46.3 Å². The van der Waals surface area contributed by atoms with Gasteiger partial charge in [-0.1, -0.05) is 12.1 Å². The molecule has 0 saturated carbocycles. The van der Waals surface area contributed by atoms with Crippen LogP contribution in [0.3, 0.4) is 0 Å². The van der Waals surface area contributed by atoms with E-state index in [-0.39, 0.29) is 18.4 Å². The van der Waals surface area contributed by atoms with Crippen molar-refractivity contribution in [2.75, 3.05) is 4.90 Å². The van der Waals surface area contributed by atoms with Crippen molar-refractivity contribution in [2.45, 2.75) is 31.8 Å². The molecule has 1 fully saturated rings. The number of rotatable bonds is 1. The number of amides is 1. The fourth-order valence-corrected chi connectivity index (χ4v) is 2.09. The summed E-state index contributed by atoms with van der Waals surface area (Å²) in [5.41, 5.74) is 5.66. The van der Waals surface area contributed by atoms with Crippen LogP contribution < -0.4 is 10.6 Å². The van der Waals surface area contributed by atoms with Crippen molar-refractivity contribution in [1.29, 1.82) is 0 Å². The van der Waals surface area contributed by atoms with Crippen molar-refractivity contribution in [1.82, 2.24) is 0 Å². The molecule has 1 aromatic rings. The lowest BCUT2D eigenvalue weighted by atomic mass is 9.96. The van der Waals surface area contributed by atoms with Crippen molar-refractivity contribution in [3.8, 4) is 0 Å². The normalized spacial score (nSPS) is 23.9. The summed E-state index contributed by atoms with van der Waals surface area (Å²) in [5, 5.41) is 0. The first kappa shape index (κ1) is 11.1. The van der Waals surface area contributed by atoms with Crippen LogP contribution in [0.5, 0.6) is 0 Å². The number of carbonyl (C=O) groups is 1. The van der Waals surface area contributed by atoms with Gasteiger partial charge in [0.15, 0.2) is 0 Å². The predicted molar refractivity (Wildman–Crippen MR) is 60.6 cm³/mol. The Kier molecular flexibility index (Phi) is 2.46. The van der Waals surface area contributed by atoms with Gasteiger partial charge in [-0.15, -0.1) is 0 Å². The SMILES string of the molecule is CC1(C)C(N)CC(=O)N1c1ccccc1F. The summed E-state index contributed by atoms with van der Waals surface area (Å²) in [6.45, 7) is 3.71. The molecule has 1 heterocycles. The fourth-order valence-electron chi connectivity index (χ4n) is 2.09. The summed E-state index contributed by atoms with van der Waals surface area (Å²) in [4.78, 5) is 13.3. The molecule has 2 rings (SSSR count). The number of carbonyl (C=O) groups excluding carboxylic acids is 1. The van der Waals surface area contributed by atoms with Gasteiger partial charge in [0.05, 0.1) is 11.2 Å². The van der Waals surface area contributed by atoms with Gasteiger partial charge in [0.25, 0.3) is 0 Å². The molecule has 0 aromatic heterocycles. The summed E-state index contributed by atoms with van der Waals surface area (Å²) >= 11 is 0. The smallest absolute Gasteiger partial charge is 0.229 e. The van der Waals surface area contributed by atoms with Crippen molar-refractivity contribution >= 4 is 11.6 Å². The molecule has 0 spiro atoms. The molecular formula is C12H15FN2O. The second-order valence-electron chi connectivity index (χ2n) is 4.64. The zero-order valence-electron chi connectivity index (χ0n) is 9.40. The van der Waals surface area contributed by atoms with E-state index >= 15 is 0 Å². The Bertz CT molecular complexity index is 431. The van der Waals surface area contributed by atoms with E-state index in [2.05, 4.69) is 0 Å². The molecule has 1 aliphatic heterocycles. The van der Waals surface area contributed by atoms with Gasteiger partial charge in [0, 0.05) is 12.5 Å². The highest BCUT2D eigenvalue weighted by molar-refractivity contribution is 5.98. The van der Waals surface area contributed by atoms with E-state index in [0.29, 0.717) is 5.69 Å². The average molecular weight is 222 g/mol. The summed E-state index contributed by atoms with van der Waals surface area (Å²) in [5.74, 6) is -0.513. The minimum absolute atomic E-state index is 0.123. The lowest BCUT2D eigenvalue weighted by Crippen LogP contribution is -2.50. The molecule has 0 radical (unpaired) electrons. The monoisotopic (exact) mass is 222 g/mol. The Morgan fingerprint density at radius 3 is 2.56 bits per heavy atom. The van der Waals surface area contributed by atoms with Gasteiger partial charge in [0.1, 0.15) is 5.82 Å².